The number of piperazine rings is 1. The van der Waals surface area contributed by atoms with Gasteiger partial charge in [-0.05, 0) is 30.7 Å². The molecule has 138 valence electrons. The van der Waals surface area contributed by atoms with Crippen molar-refractivity contribution < 1.29 is 4.79 Å². The second kappa shape index (κ2) is 8.96. The van der Waals surface area contributed by atoms with Crippen LogP contribution < -0.4 is 10.2 Å². The van der Waals surface area contributed by atoms with Crippen molar-refractivity contribution in [2.24, 2.45) is 0 Å². The number of amides is 1. The van der Waals surface area contributed by atoms with Gasteiger partial charge in [-0.25, -0.2) is 9.97 Å². The van der Waals surface area contributed by atoms with Gasteiger partial charge in [0.1, 0.15) is 11.5 Å². The van der Waals surface area contributed by atoms with Gasteiger partial charge in [0, 0.05) is 37.7 Å². The summed E-state index contributed by atoms with van der Waals surface area (Å²) >= 11 is 5.87. The van der Waals surface area contributed by atoms with Gasteiger partial charge >= 0.3 is 0 Å². The maximum Gasteiger partial charge on any atom is 0.271 e. The van der Waals surface area contributed by atoms with Gasteiger partial charge < -0.3 is 15.1 Å². The van der Waals surface area contributed by atoms with Gasteiger partial charge in [-0.1, -0.05) is 30.7 Å². The van der Waals surface area contributed by atoms with Gasteiger partial charge in [0.25, 0.3) is 5.91 Å². The Hall–Kier alpha value is -2.18. The molecule has 2 heterocycles. The molecule has 1 amide bonds. The minimum Gasteiger partial charge on any atom is -0.353 e. The van der Waals surface area contributed by atoms with Crippen LogP contribution in [0.5, 0.6) is 0 Å². The molecule has 1 N–H and O–H groups in total. The fourth-order valence-corrected chi connectivity index (χ4v) is 3.08. The molecule has 0 spiro atoms. The van der Waals surface area contributed by atoms with Crippen molar-refractivity contribution in [3.05, 3.63) is 52.9 Å². The molecule has 1 saturated heterocycles. The molecule has 0 bridgehead atoms. The van der Waals surface area contributed by atoms with Crippen LogP contribution in [-0.4, -0.2) is 60.0 Å². The standard InChI is InChI=1S/C19H24ClN5O/c1-2-24-9-11-25(12-10-24)18-14-22-17(13-23-18)19(26)21-8-7-15-3-5-16(20)6-4-15/h3-6,13-14H,2,7-12H2,1H3,(H,21,26). The lowest BCUT2D eigenvalue weighted by molar-refractivity contribution is 0.0949. The summed E-state index contributed by atoms with van der Waals surface area (Å²) in [6.45, 7) is 7.74. The Morgan fingerprint density at radius 1 is 1.12 bits per heavy atom. The SMILES string of the molecule is CCN1CCN(c2cnc(C(=O)NCCc3ccc(Cl)cc3)cn2)CC1. The fraction of sp³-hybridized carbons (Fsp3) is 0.421. The quantitative estimate of drug-likeness (QED) is 0.841. The highest BCUT2D eigenvalue weighted by molar-refractivity contribution is 6.30. The van der Waals surface area contributed by atoms with Crippen molar-refractivity contribution in [3.8, 4) is 0 Å². The maximum absolute atomic E-state index is 12.2. The summed E-state index contributed by atoms with van der Waals surface area (Å²) in [5.74, 6) is 0.632. The molecular formula is C19H24ClN5O. The van der Waals surface area contributed by atoms with Crippen LogP contribution in [0.25, 0.3) is 0 Å². The number of carbonyl (C=O) groups excluding carboxylic acids is 1. The van der Waals surface area contributed by atoms with Gasteiger partial charge in [0.15, 0.2) is 0 Å². The third kappa shape index (κ3) is 4.93. The summed E-state index contributed by atoms with van der Waals surface area (Å²) in [7, 11) is 0. The first kappa shape index (κ1) is 18.6. The number of aromatic nitrogens is 2. The van der Waals surface area contributed by atoms with Crippen molar-refractivity contribution in [3.63, 3.8) is 0 Å². The van der Waals surface area contributed by atoms with E-state index in [0.717, 1.165) is 50.5 Å². The van der Waals surface area contributed by atoms with Crippen molar-refractivity contribution >= 4 is 23.3 Å². The number of benzene rings is 1. The Bertz CT molecular complexity index is 712. The summed E-state index contributed by atoms with van der Waals surface area (Å²) in [4.78, 5) is 25.5. The van der Waals surface area contributed by atoms with Gasteiger partial charge in [-0.3, -0.25) is 4.79 Å². The van der Waals surface area contributed by atoms with E-state index in [1.54, 1.807) is 12.4 Å². The van der Waals surface area contributed by atoms with Crippen LogP contribution in [0.15, 0.2) is 36.7 Å². The van der Waals surface area contributed by atoms with Crippen molar-refractivity contribution in [1.29, 1.82) is 0 Å². The third-order valence-corrected chi connectivity index (χ3v) is 4.88. The number of nitrogens with zero attached hydrogens (tertiary/aromatic N) is 4. The molecule has 26 heavy (non-hydrogen) atoms. The number of likely N-dealkylation sites (N-methyl/N-ethyl adjacent to an activating group) is 1. The van der Waals surface area contributed by atoms with E-state index < -0.39 is 0 Å². The summed E-state index contributed by atoms with van der Waals surface area (Å²) in [6, 6.07) is 7.62. The molecule has 0 radical (unpaired) electrons. The molecule has 7 heteroatoms. The van der Waals surface area contributed by atoms with Gasteiger partial charge in [0.05, 0.1) is 12.4 Å². The number of hydrogen-bond acceptors (Lipinski definition) is 5. The van der Waals surface area contributed by atoms with Gasteiger partial charge in [-0.2, -0.15) is 0 Å². The number of anilines is 1. The van der Waals surface area contributed by atoms with E-state index in [2.05, 4.69) is 32.0 Å². The average Bonchev–Trinajstić information content (AvgIpc) is 2.69. The predicted molar refractivity (Wildman–Crippen MR) is 104 cm³/mol. The first-order chi connectivity index (χ1) is 12.7. The molecule has 1 aliphatic heterocycles. The molecule has 1 aromatic heterocycles. The summed E-state index contributed by atoms with van der Waals surface area (Å²) in [6.07, 6.45) is 3.99. The zero-order valence-corrected chi connectivity index (χ0v) is 15.7. The minimum absolute atomic E-state index is 0.200. The molecule has 0 unspecified atom stereocenters. The molecular weight excluding hydrogens is 350 g/mol. The zero-order chi connectivity index (χ0) is 18.4. The van der Waals surface area contributed by atoms with Crippen LogP contribution in [0.3, 0.4) is 0 Å². The minimum atomic E-state index is -0.200. The zero-order valence-electron chi connectivity index (χ0n) is 15.0. The summed E-state index contributed by atoms with van der Waals surface area (Å²) < 4.78 is 0. The Labute approximate surface area is 159 Å². The average molecular weight is 374 g/mol. The third-order valence-electron chi connectivity index (χ3n) is 4.63. The Morgan fingerprint density at radius 3 is 2.46 bits per heavy atom. The van der Waals surface area contributed by atoms with Crippen LogP contribution in [-0.2, 0) is 6.42 Å². The van der Waals surface area contributed by atoms with Crippen molar-refractivity contribution in [1.82, 2.24) is 20.2 Å². The van der Waals surface area contributed by atoms with Crippen LogP contribution in [0.2, 0.25) is 5.02 Å². The molecule has 6 nitrogen and oxygen atoms in total. The van der Waals surface area contributed by atoms with E-state index in [1.165, 1.54) is 0 Å². The molecule has 1 fully saturated rings. The molecule has 1 aliphatic rings. The van der Waals surface area contributed by atoms with Gasteiger partial charge in [0.2, 0.25) is 0 Å². The summed E-state index contributed by atoms with van der Waals surface area (Å²) in [5, 5.41) is 3.59. The lowest BCUT2D eigenvalue weighted by Crippen LogP contribution is -2.46. The highest BCUT2D eigenvalue weighted by atomic mass is 35.5. The number of rotatable bonds is 6. The van der Waals surface area contributed by atoms with E-state index in [-0.39, 0.29) is 5.91 Å². The highest BCUT2D eigenvalue weighted by Gasteiger charge is 2.17. The molecule has 0 saturated carbocycles. The first-order valence-corrected chi connectivity index (χ1v) is 9.35. The Kier molecular flexibility index (Phi) is 6.41. The predicted octanol–water partition coefficient (Wildman–Crippen LogP) is 2.24. The van der Waals surface area contributed by atoms with Crippen LogP contribution in [0, 0.1) is 0 Å². The van der Waals surface area contributed by atoms with E-state index in [9.17, 15) is 4.79 Å². The van der Waals surface area contributed by atoms with Gasteiger partial charge in [-0.15, -0.1) is 0 Å². The van der Waals surface area contributed by atoms with Crippen molar-refractivity contribution in [2.45, 2.75) is 13.3 Å². The lowest BCUT2D eigenvalue weighted by atomic mass is 10.1. The van der Waals surface area contributed by atoms with Crippen molar-refractivity contribution in [2.75, 3.05) is 44.2 Å². The molecule has 0 aliphatic carbocycles. The Balaban J connectivity index is 1.48. The second-order valence-electron chi connectivity index (χ2n) is 6.31. The molecule has 3 rings (SSSR count). The molecule has 2 aromatic rings. The number of carbonyl (C=O) groups is 1. The smallest absolute Gasteiger partial charge is 0.271 e. The Morgan fingerprint density at radius 2 is 1.85 bits per heavy atom. The lowest BCUT2D eigenvalue weighted by Gasteiger charge is -2.34. The van der Waals surface area contributed by atoms with E-state index >= 15 is 0 Å². The molecule has 1 aromatic carbocycles. The second-order valence-corrected chi connectivity index (χ2v) is 6.75. The maximum atomic E-state index is 12.2. The van der Waals surface area contributed by atoms with E-state index in [4.69, 9.17) is 11.6 Å². The first-order valence-electron chi connectivity index (χ1n) is 8.97. The normalized spacial score (nSPS) is 15.1. The van der Waals surface area contributed by atoms with Crippen LogP contribution in [0.4, 0.5) is 5.82 Å². The number of hydrogen-bond donors (Lipinski definition) is 1. The van der Waals surface area contributed by atoms with E-state index in [0.29, 0.717) is 17.3 Å². The number of nitrogens with one attached hydrogen (secondary N) is 1. The van der Waals surface area contributed by atoms with Crippen LogP contribution >= 0.6 is 11.6 Å². The van der Waals surface area contributed by atoms with E-state index in [1.807, 2.05) is 24.3 Å². The fourth-order valence-electron chi connectivity index (χ4n) is 2.96. The molecule has 0 atom stereocenters. The number of halogens is 1. The summed E-state index contributed by atoms with van der Waals surface area (Å²) in [5.41, 5.74) is 1.47. The highest BCUT2D eigenvalue weighted by Crippen LogP contribution is 2.12. The topological polar surface area (TPSA) is 61.4 Å². The monoisotopic (exact) mass is 373 g/mol. The van der Waals surface area contributed by atoms with Crippen LogP contribution in [0.1, 0.15) is 23.0 Å². The largest absolute Gasteiger partial charge is 0.353 e.